The van der Waals surface area contributed by atoms with Gasteiger partial charge in [-0.1, -0.05) is 0 Å². The molecule has 0 radical (unpaired) electrons. The molecule has 0 aliphatic carbocycles. The molecule has 7 nitrogen and oxygen atoms in total. The van der Waals surface area contributed by atoms with E-state index in [-0.39, 0.29) is 18.2 Å². The Morgan fingerprint density at radius 1 is 0.964 bits per heavy atom. The van der Waals surface area contributed by atoms with Crippen LogP contribution in [0.25, 0.3) is 0 Å². The Kier molecular flexibility index (Phi) is 5.16. The van der Waals surface area contributed by atoms with E-state index in [9.17, 15) is 9.59 Å². The van der Waals surface area contributed by atoms with Gasteiger partial charge in [0.15, 0.2) is 0 Å². The molecular formula is C21H23N3O4. The summed E-state index contributed by atoms with van der Waals surface area (Å²) in [4.78, 5) is 28.8. The molecule has 2 fully saturated rings. The predicted molar refractivity (Wildman–Crippen MR) is 107 cm³/mol. The largest absolute Gasteiger partial charge is 0.497 e. The fourth-order valence-corrected chi connectivity index (χ4v) is 3.54. The second-order valence-electron chi connectivity index (χ2n) is 6.81. The van der Waals surface area contributed by atoms with Gasteiger partial charge in [-0.2, -0.15) is 0 Å². The predicted octanol–water partition coefficient (Wildman–Crippen LogP) is 2.28. The SMILES string of the molecule is COc1ccc(N[C@@H]2CC(=O)N(c3ccc(N4CCOCC4)cc3)C2=O)cc1. The van der Waals surface area contributed by atoms with Gasteiger partial charge in [-0.3, -0.25) is 9.59 Å². The zero-order valence-corrected chi connectivity index (χ0v) is 15.8. The molecule has 2 aromatic rings. The highest BCUT2D eigenvalue weighted by Gasteiger charge is 2.39. The normalized spacial score (nSPS) is 19.8. The summed E-state index contributed by atoms with van der Waals surface area (Å²) >= 11 is 0. The first-order chi connectivity index (χ1) is 13.7. The lowest BCUT2D eigenvalue weighted by atomic mass is 10.2. The van der Waals surface area contributed by atoms with Crippen molar-refractivity contribution in [3.05, 3.63) is 48.5 Å². The molecule has 7 heteroatoms. The number of ether oxygens (including phenoxy) is 2. The maximum Gasteiger partial charge on any atom is 0.256 e. The quantitative estimate of drug-likeness (QED) is 0.802. The number of nitrogens with one attached hydrogen (secondary N) is 1. The molecule has 4 rings (SSSR count). The fraction of sp³-hybridized carbons (Fsp3) is 0.333. The molecule has 2 saturated heterocycles. The van der Waals surface area contributed by atoms with Crippen LogP contribution < -0.4 is 19.9 Å². The molecule has 0 bridgehead atoms. The Labute approximate surface area is 163 Å². The Morgan fingerprint density at radius 2 is 1.61 bits per heavy atom. The Morgan fingerprint density at radius 3 is 2.25 bits per heavy atom. The molecule has 2 aliphatic rings. The highest BCUT2D eigenvalue weighted by atomic mass is 16.5. The van der Waals surface area contributed by atoms with Crippen LogP contribution in [0.2, 0.25) is 0 Å². The molecule has 2 aromatic carbocycles. The van der Waals surface area contributed by atoms with E-state index in [1.165, 1.54) is 4.90 Å². The van der Waals surface area contributed by atoms with E-state index in [0.717, 1.165) is 30.2 Å². The number of methoxy groups -OCH3 is 1. The van der Waals surface area contributed by atoms with Gasteiger partial charge in [0, 0.05) is 24.5 Å². The van der Waals surface area contributed by atoms with E-state index in [0.29, 0.717) is 18.9 Å². The summed E-state index contributed by atoms with van der Waals surface area (Å²) in [5.74, 6) is 0.302. The Bertz CT molecular complexity index is 845. The van der Waals surface area contributed by atoms with E-state index >= 15 is 0 Å². The van der Waals surface area contributed by atoms with Crippen LogP contribution in [0.4, 0.5) is 17.1 Å². The van der Waals surface area contributed by atoms with Crippen LogP contribution in [0.15, 0.2) is 48.5 Å². The van der Waals surface area contributed by atoms with Crippen molar-refractivity contribution >= 4 is 28.9 Å². The minimum Gasteiger partial charge on any atom is -0.497 e. The summed E-state index contributed by atoms with van der Waals surface area (Å²) < 4.78 is 10.5. The smallest absolute Gasteiger partial charge is 0.256 e. The topological polar surface area (TPSA) is 71.1 Å². The van der Waals surface area contributed by atoms with Gasteiger partial charge in [-0.15, -0.1) is 0 Å². The second kappa shape index (κ2) is 7.90. The van der Waals surface area contributed by atoms with Gasteiger partial charge in [0.05, 0.1) is 32.4 Å². The minimum absolute atomic E-state index is 0.135. The summed E-state index contributed by atoms with van der Waals surface area (Å²) in [6, 6.07) is 14.3. The molecule has 0 saturated carbocycles. The first-order valence-corrected chi connectivity index (χ1v) is 9.36. The van der Waals surface area contributed by atoms with Crippen LogP contribution in [-0.4, -0.2) is 51.3 Å². The van der Waals surface area contributed by atoms with Gasteiger partial charge < -0.3 is 19.7 Å². The van der Waals surface area contributed by atoms with Gasteiger partial charge in [-0.05, 0) is 48.5 Å². The van der Waals surface area contributed by atoms with Crippen molar-refractivity contribution in [1.82, 2.24) is 0 Å². The van der Waals surface area contributed by atoms with E-state index in [1.54, 1.807) is 7.11 Å². The van der Waals surface area contributed by atoms with Crippen molar-refractivity contribution in [2.24, 2.45) is 0 Å². The van der Waals surface area contributed by atoms with Crippen molar-refractivity contribution in [3.8, 4) is 5.75 Å². The van der Waals surface area contributed by atoms with Gasteiger partial charge in [0.25, 0.3) is 5.91 Å². The van der Waals surface area contributed by atoms with Gasteiger partial charge >= 0.3 is 0 Å². The average molecular weight is 381 g/mol. The lowest BCUT2D eigenvalue weighted by Gasteiger charge is -2.29. The fourth-order valence-electron chi connectivity index (χ4n) is 3.54. The maximum atomic E-state index is 12.8. The average Bonchev–Trinajstić information content (AvgIpc) is 3.02. The first-order valence-electron chi connectivity index (χ1n) is 9.36. The standard InChI is InChI=1S/C21H23N3O4/c1-27-18-8-2-15(3-9-18)22-19-14-20(25)24(21(19)26)17-6-4-16(5-7-17)23-10-12-28-13-11-23/h2-9,19,22H,10-14H2,1H3/t19-/m1/s1. The number of rotatable bonds is 5. The van der Waals surface area contributed by atoms with E-state index < -0.39 is 6.04 Å². The Hall–Kier alpha value is -3.06. The summed E-state index contributed by atoms with van der Waals surface area (Å²) in [5.41, 5.74) is 2.45. The number of nitrogens with zero attached hydrogens (tertiary/aromatic N) is 2. The summed E-state index contributed by atoms with van der Waals surface area (Å²) in [7, 11) is 1.60. The summed E-state index contributed by atoms with van der Waals surface area (Å²) in [6.45, 7) is 3.11. The Balaban J connectivity index is 1.45. The van der Waals surface area contributed by atoms with E-state index in [2.05, 4.69) is 10.2 Å². The molecule has 2 aliphatic heterocycles. The van der Waals surface area contributed by atoms with Crippen molar-refractivity contribution in [2.75, 3.05) is 48.5 Å². The molecule has 28 heavy (non-hydrogen) atoms. The van der Waals surface area contributed by atoms with Gasteiger partial charge in [0.2, 0.25) is 5.91 Å². The lowest BCUT2D eigenvalue weighted by molar-refractivity contribution is -0.121. The van der Waals surface area contributed by atoms with E-state index in [1.807, 2.05) is 48.5 Å². The van der Waals surface area contributed by atoms with Crippen LogP contribution in [-0.2, 0) is 14.3 Å². The molecule has 0 unspecified atom stereocenters. The highest BCUT2D eigenvalue weighted by Crippen LogP contribution is 2.28. The minimum atomic E-state index is -0.570. The van der Waals surface area contributed by atoms with Crippen molar-refractivity contribution in [2.45, 2.75) is 12.5 Å². The molecule has 1 N–H and O–H groups in total. The number of anilines is 3. The molecule has 146 valence electrons. The van der Waals surface area contributed by atoms with Crippen LogP contribution >= 0.6 is 0 Å². The summed E-state index contributed by atoms with van der Waals surface area (Å²) in [5, 5.41) is 3.15. The number of carbonyl (C=O) groups is 2. The van der Waals surface area contributed by atoms with Gasteiger partial charge in [-0.25, -0.2) is 4.90 Å². The van der Waals surface area contributed by atoms with Crippen molar-refractivity contribution in [1.29, 1.82) is 0 Å². The van der Waals surface area contributed by atoms with Crippen molar-refractivity contribution < 1.29 is 19.1 Å². The third-order valence-electron chi connectivity index (χ3n) is 5.06. The number of morpholine rings is 1. The number of hydrogen-bond acceptors (Lipinski definition) is 6. The molecule has 0 spiro atoms. The molecule has 0 aromatic heterocycles. The zero-order chi connectivity index (χ0) is 19.5. The number of carbonyl (C=O) groups excluding carboxylic acids is 2. The second-order valence-corrected chi connectivity index (χ2v) is 6.81. The third kappa shape index (κ3) is 3.66. The van der Waals surface area contributed by atoms with Gasteiger partial charge in [0.1, 0.15) is 11.8 Å². The number of imide groups is 1. The molecule has 1 atom stereocenters. The highest BCUT2D eigenvalue weighted by molar-refractivity contribution is 6.23. The maximum absolute atomic E-state index is 12.8. The molecular weight excluding hydrogens is 358 g/mol. The van der Waals surface area contributed by atoms with E-state index in [4.69, 9.17) is 9.47 Å². The van der Waals surface area contributed by atoms with Crippen LogP contribution in [0.5, 0.6) is 5.75 Å². The number of benzene rings is 2. The van der Waals surface area contributed by atoms with Crippen molar-refractivity contribution in [3.63, 3.8) is 0 Å². The van der Waals surface area contributed by atoms with Crippen LogP contribution in [0, 0.1) is 0 Å². The molecule has 2 heterocycles. The number of hydrogen-bond donors (Lipinski definition) is 1. The molecule has 2 amide bonds. The zero-order valence-electron chi connectivity index (χ0n) is 15.8. The monoisotopic (exact) mass is 381 g/mol. The summed E-state index contributed by atoms with van der Waals surface area (Å²) in [6.07, 6.45) is 0.135. The lowest BCUT2D eigenvalue weighted by Crippen LogP contribution is -2.36. The van der Waals surface area contributed by atoms with Crippen LogP contribution in [0.3, 0.4) is 0 Å². The third-order valence-corrected chi connectivity index (χ3v) is 5.06. The number of amides is 2. The first kappa shape index (κ1) is 18.3. The van der Waals surface area contributed by atoms with Crippen LogP contribution in [0.1, 0.15) is 6.42 Å².